The number of nitrogens with one attached hydrogen (secondary N) is 2. The second-order valence-electron chi connectivity index (χ2n) is 8.72. The molecule has 1 aliphatic rings. The van der Waals surface area contributed by atoms with Crippen molar-refractivity contribution < 1.29 is 14.3 Å². The van der Waals surface area contributed by atoms with E-state index in [-0.39, 0.29) is 17.7 Å². The topological polar surface area (TPSA) is 83.6 Å². The average molecular weight is 459 g/mol. The van der Waals surface area contributed by atoms with Gasteiger partial charge in [-0.25, -0.2) is 4.98 Å². The lowest BCUT2D eigenvalue weighted by molar-refractivity contribution is -0.120. The predicted octanol–water partition coefficient (Wildman–Crippen LogP) is 4.81. The number of pyridine rings is 1. The summed E-state index contributed by atoms with van der Waals surface area (Å²) in [6.45, 7) is 5.47. The van der Waals surface area contributed by atoms with E-state index in [1.54, 1.807) is 31.5 Å². The summed E-state index contributed by atoms with van der Waals surface area (Å²) < 4.78 is 5.21. The first kappa shape index (κ1) is 23.3. The molecular weight excluding hydrogens is 428 g/mol. The molecule has 3 aromatic rings. The Morgan fingerprint density at radius 2 is 1.68 bits per heavy atom. The summed E-state index contributed by atoms with van der Waals surface area (Å²) in [5.41, 5.74) is 4.31. The Balaban J connectivity index is 1.35. The van der Waals surface area contributed by atoms with Crippen molar-refractivity contribution >= 4 is 29.0 Å². The van der Waals surface area contributed by atoms with Gasteiger partial charge in [-0.3, -0.25) is 9.59 Å². The molecule has 1 saturated heterocycles. The molecule has 0 unspecified atom stereocenters. The first-order valence-corrected chi connectivity index (χ1v) is 11.5. The zero-order chi connectivity index (χ0) is 24.1. The number of anilines is 3. The minimum atomic E-state index is -0.209. The van der Waals surface area contributed by atoms with Gasteiger partial charge in [-0.15, -0.1) is 0 Å². The molecule has 2 heterocycles. The maximum Gasteiger partial charge on any atom is 0.255 e. The largest absolute Gasteiger partial charge is 0.497 e. The quantitative estimate of drug-likeness (QED) is 0.554. The minimum absolute atomic E-state index is 0.0448. The van der Waals surface area contributed by atoms with Crippen LogP contribution < -0.4 is 20.3 Å². The molecule has 0 spiro atoms. The Bertz CT molecular complexity index is 1170. The summed E-state index contributed by atoms with van der Waals surface area (Å²) in [6, 6.07) is 16.8. The van der Waals surface area contributed by atoms with E-state index in [0.29, 0.717) is 30.1 Å². The minimum Gasteiger partial charge on any atom is -0.497 e. The number of aromatic nitrogens is 1. The van der Waals surface area contributed by atoms with Crippen molar-refractivity contribution in [2.24, 2.45) is 5.92 Å². The van der Waals surface area contributed by atoms with Crippen molar-refractivity contribution in [1.82, 2.24) is 4.98 Å². The molecule has 0 radical (unpaired) electrons. The van der Waals surface area contributed by atoms with Crippen LogP contribution in [0.1, 0.15) is 34.3 Å². The number of amides is 2. The van der Waals surface area contributed by atoms with Gasteiger partial charge >= 0.3 is 0 Å². The van der Waals surface area contributed by atoms with Gasteiger partial charge in [-0.1, -0.05) is 12.1 Å². The standard InChI is InChI=1S/C27H30N4O3/c1-18-13-19(2)15-23(14-18)30-26(32)20-8-11-31(12-9-20)25-16-21(7-10-28-25)27(33)29-22-5-4-6-24(17-22)34-3/h4-7,10,13-17,20H,8-9,11-12H2,1-3H3,(H,29,33)(H,30,32). The van der Waals surface area contributed by atoms with E-state index in [1.807, 2.05) is 44.2 Å². The smallest absolute Gasteiger partial charge is 0.255 e. The first-order chi connectivity index (χ1) is 16.4. The molecule has 1 fully saturated rings. The van der Waals surface area contributed by atoms with E-state index in [1.165, 1.54) is 0 Å². The Labute approximate surface area is 200 Å². The maximum atomic E-state index is 12.8. The predicted molar refractivity (Wildman–Crippen MR) is 135 cm³/mol. The van der Waals surface area contributed by atoms with E-state index in [2.05, 4.69) is 26.6 Å². The summed E-state index contributed by atoms with van der Waals surface area (Å²) in [7, 11) is 1.59. The van der Waals surface area contributed by atoms with Crippen LogP contribution in [0.15, 0.2) is 60.8 Å². The molecule has 2 N–H and O–H groups in total. The van der Waals surface area contributed by atoms with Crippen molar-refractivity contribution in [2.45, 2.75) is 26.7 Å². The lowest BCUT2D eigenvalue weighted by Crippen LogP contribution is -2.38. The number of piperidine rings is 1. The summed E-state index contributed by atoms with van der Waals surface area (Å²) >= 11 is 0. The Morgan fingerprint density at radius 3 is 2.38 bits per heavy atom. The highest BCUT2D eigenvalue weighted by Gasteiger charge is 2.26. The Kier molecular flexibility index (Phi) is 7.11. The van der Waals surface area contributed by atoms with Gasteiger partial charge in [0.15, 0.2) is 0 Å². The van der Waals surface area contributed by atoms with Gasteiger partial charge in [0.05, 0.1) is 7.11 Å². The highest BCUT2D eigenvalue weighted by molar-refractivity contribution is 6.04. The average Bonchev–Trinajstić information content (AvgIpc) is 2.83. The van der Waals surface area contributed by atoms with Crippen LogP contribution in [0.25, 0.3) is 0 Å². The summed E-state index contributed by atoms with van der Waals surface area (Å²) in [6.07, 6.45) is 3.12. The molecule has 1 aliphatic heterocycles. The van der Waals surface area contributed by atoms with Gasteiger partial charge in [0.1, 0.15) is 11.6 Å². The lowest BCUT2D eigenvalue weighted by atomic mass is 9.95. The molecule has 0 atom stereocenters. The molecule has 7 nitrogen and oxygen atoms in total. The van der Waals surface area contributed by atoms with Gasteiger partial charge in [-0.2, -0.15) is 0 Å². The fourth-order valence-corrected chi connectivity index (χ4v) is 4.30. The lowest BCUT2D eigenvalue weighted by Gasteiger charge is -2.32. The van der Waals surface area contributed by atoms with Gasteiger partial charge in [0.2, 0.25) is 5.91 Å². The number of methoxy groups -OCH3 is 1. The highest BCUT2D eigenvalue weighted by Crippen LogP contribution is 2.25. The number of benzene rings is 2. The number of hydrogen-bond acceptors (Lipinski definition) is 5. The van der Waals surface area contributed by atoms with Crippen molar-refractivity contribution in [3.63, 3.8) is 0 Å². The third kappa shape index (κ3) is 5.73. The van der Waals surface area contributed by atoms with Crippen LogP contribution in [0, 0.1) is 19.8 Å². The molecule has 1 aromatic heterocycles. The molecule has 0 bridgehead atoms. The number of nitrogens with zero attached hydrogens (tertiary/aromatic N) is 2. The van der Waals surface area contributed by atoms with Gasteiger partial charge in [0.25, 0.3) is 5.91 Å². The second kappa shape index (κ2) is 10.4. The monoisotopic (exact) mass is 458 g/mol. The van der Waals surface area contributed by atoms with Crippen LogP contribution >= 0.6 is 0 Å². The SMILES string of the molecule is COc1cccc(NC(=O)c2ccnc(N3CCC(C(=O)Nc4cc(C)cc(C)c4)CC3)c2)c1. The van der Waals surface area contributed by atoms with Crippen molar-refractivity contribution in [3.8, 4) is 5.75 Å². The van der Waals surface area contributed by atoms with Crippen LogP contribution in [0.3, 0.4) is 0 Å². The summed E-state index contributed by atoms with van der Waals surface area (Å²) in [5.74, 6) is 1.23. The number of rotatable bonds is 6. The van der Waals surface area contributed by atoms with Crippen LogP contribution in [-0.2, 0) is 4.79 Å². The molecule has 4 rings (SSSR count). The van der Waals surface area contributed by atoms with Crippen LogP contribution in [-0.4, -0.2) is 37.0 Å². The van der Waals surface area contributed by atoms with Gasteiger partial charge < -0.3 is 20.3 Å². The number of hydrogen-bond donors (Lipinski definition) is 2. The second-order valence-corrected chi connectivity index (χ2v) is 8.72. The third-order valence-electron chi connectivity index (χ3n) is 6.01. The zero-order valence-electron chi connectivity index (χ0n) is 19.8. The van der Waals surface area contributed by atoms with Crippen LogP contribution in [0.5, 0.6) is 5.75 Å². The summed E-state index contributed by atoms with van der Waals surface area (Å²) in [5, 5.41) is 5.97. The van der Waals surface area contributed by atoms with E-state index < -0.39 is 0 Å². The molecule has 0 saturated carbocycles. The van der Waals surface area contributed by atoms with Gasteiger partial charge in [0, 0.05) is 48.2 Å². The van der Waals surface area contributed by atoms with Crippen molar-refractivity contribution in [1.29, 1.82) is 0 Å². The molecule has 7 heteroatoms. The number of carbonyl (C=O) groups is 2. The van der Waals surface area contributed by atoms with Crippen LogP contribution in [0.2, 0.25) is 0 Å². The zero-order valence-corrected chi connectivity index (χ0v) is 19.8. The number of ether oxygens (including phenoxy) is 1. The fraction of sp³-hybridized carbons (Fsp3) is 0.296. The Morgan fingerprint density at radius 1 is 0.941 bits per heavy atom. The Hall–Kier alpha value is -3.87. The molecule has 2 aromatic carbocycles. The normalized spacial score (nSPS) is 13.9. The first-order valence-electron chi connectivity index (χ1n) is 11.5. The van der Waals surface area contributed by atoms with Crippen LogP contribution in [0.4, 0.5) is 17.2 Å². The highest BCUT2D eigenvalue weighted by atomic mass is 16.5. The van der Waals surface area contributed by atoms with E-state index in [9.17, 15) is 9.59 Å². The van der Waals surface area contributed by atoms with Crippen molar-refractivity contribution in [2.75, 3.05) is 35.7 Å². The van der Waals surface area contributed by atoms with E-state index in [0.717, 1.165) is 35.5 Å². The summed E-state index contributed by atoms with van der Waals surface area (Å²) in [4.78, 5) is 32.1. The van der Waals surface area contributed by atoms with E-state index in [4.69, 9.17) is 4.74 Å². The maximum absolute atomic E-state index is 12.8. The number of carbonyl (C=O) groups excluding carboxylic acids is 2. The molecular formula is C27H30N4O3. The molecule has 34 heavy (non-hydrogen) atoms. The third-order valence-corrected chi connectivity index (χ3v) is 6.01. The van der Waals surface area contributed by atoms with Crippen molar-refractivity contribution in [3.05, 3.63) is 77.5 Å². The fourth-order valence-electron chi connectivity index (χ4n) is 4.30. The molecule has 0 aliphatic carbocycles. The number of aryl methyl sites for hydroxylation is 2. The van der Waals surface area contributed by atoms with E-state index >= 15 is 0 Å². The van der Waals surface area contributed by atoms with Gasteiger partial charge in [-0.05, 0) is 74.2 Å². The molecule has 2 amide bonds. The molecule has 176 valence electrons.